The molecule has 20 heavy (non-hydrogen) atoms. The van der Waals surface area contributed by atoms with Crippen LogP contribution in [0.15, 0.2) is 18.5 Å². The third kappa shape index (κ3) is 5.33. The van der Waals surface area contributed by atoms with Gasteiger partial charge < -0.3 is 20.5 Å². The number of hydrogen-bond donors (Lipinski definition) is 3. The molecule has 0 saturated carbocycles. The molecule has 0 spiro atoms. The Morgan fingerprint density at radius 2 is 1.80 bits per heavy atom. The van der Waals surface area contributed by atoms with Gasteiger partial charge in [0.1, 0.15) is 0 Å². The van der Waals surface area contributed by atoms with E-state index in [4.69, 9.17) is 9.84 Å². The quantitative estimate of drug-likeness (QED) is 0.561. The van der Waals surface area contributed by atoms with Gasteiger partial charge in [-0.25, -0.2) is 0 Å². The van der Waals surface area contributed by atoms with Gasteiger partial charge in [-0.15, -0.1) is 0 Å². The second kappa shape index (κ2) is 9.00. The fourth-order valence-electron chi connectivity index (χ4n) is 1.44. The summed E-state index contributed by atoms with van der Waals surface area (Å²) in [5.41, 5.74) is 0.623. The summed E-state index contributed by atoms with van der Waals surface area (Å²) in [6.45, 7) is 1.20. The van der Waals surface area contributed by atoms with Crippen LogP contribution in [0.5, 0.6) is 0 Å². The zero-order valence-corrected chi connectivity index (χ0v) is 11.4. The molecule has 0 atom stereocenters. The summed E-state index contributed by atoms with van der Waals surface area (Å²) in [5, 5.41) is 13.9. The number of hydrogen-bond acceptors (Lipinski definition) is 5. The van der Waals surface area contributed by atoms with Gasteiger partial charge >= 0.3 is 0 Å². The first kappa shape index (κ1) is 16.1. The minimum absolute atomic E-state index is 0.0144. The first-order chi connectivity index (χ1) is 9.69. The highest BCUT2D eigenvalue weighted by molar-refractivity contribution is 5.99. The monoisotopic (exact) mass is 281 g/mol. The van der Waals surface area contributed by atoms with Crippen LogP contribution < -0.4 is 10.6 Å². The fourth-order valence-corrected chi connectivity index (χ4v) is 1.44. The van der Waals surface area contributed by atoms with E-state index < -0.39 is 0 Å². The minimum atomic E-state index is -0.322. The summed E-state index contributed by atoms with van der Waals surface area (Å²) in [5.74, 6) is -0.628. The van der Waals surface area contributed by atoms with Crippen molar-refractivity contribution in [3.05, 3.63) is 29.6 Å². The smallest absolute Gasteiger partial charge is 0.252 e. The summed E-state index contributed by atoms with van der Waals surface area (Å²) in [7, 11) is 1.55. The number of carbonyl (C=O) groups excluding carboxylic acids is 2. The number of aliphatic hydroxyl groups excluding tert-OH is 1. The van der Waals surface area contributed by atoms with Crippen molar-refractivity contribution in [3.8, 4) is 0 Å². The van der Waals surface area contributed by atoms with Gasteiger partial charge in [0, 0.05) is 39.2 Å². The van der Waals surface area contributed by atoms with Crippen LogP contribution in [-0.4, -0.2) is 55.3 Å². The molecule has 0 aliphatic carbocycles. The van der Waals surface area contributed by atoms with Gasteiger partial charge in [-0.1, -0.05) is 0 Å². The van der Waals surface area contributed by atoms with E-state index >= 15 is 0 Å². The number of pyridine rings is 1. The van der Waals surface area contributed by atoms with Gasteiger partial charge in [0.2, 0.25) is 0 Å². The second-order valence-corrected chi connectivity index (χ2v) is 4.04. The van der Waals surface area contributed by atoms with Crippen molar-refractivity contribution >= 4 is 11.8 Å². The van der Waals surface area contributed by atoms with Crippen LogP contribution in [0.4, 0.5) is 0 Å². The highest BCUT2D eigenvalue weighted by Crippen LogP contribution is 2.03. The molecular formula is C13H19N3O4. The van der Waals surface area contributed by atoms with Crippen LogP contribution in [0.3, 0.4) is 0 Å². The Bertz CT molecular complexity index is 414. The summed E-state index contributed by atoms with van der Waals surface area (Å²) >= 11 is 0. The van der Waals surface area contributed by atoms with Crippen molar-refractivity contribution < 1.29 is 19.4 Å². The lowest BCUT2D eigenvalue weighted by atomic mass is 10.2. The van der Waals surface area contributed by atoms with E-state index in [0.717, 1.165) is 0 Å². The number of ether oxygens (including phenoxy) is 1. The van der Waals surface area contributed by atoms with Crippen LogP contribution in [0, 0.1) is 0 Å². The highest BCUT2D eigenvalue weighted by Gasteiger charge is 2.10. The molecule has 0 bridgehead atoms. The Labute approximate surface area is 117 Å². The zero-order valence-electron chi connectivity index (χ0n) is 11.4. The van der Waals surface area contributed by atoms with Gasteiger partial charge in [0.05, 0.1) is 17.7 Å². The van der Waals surface area contributed by atoms with Crippen LogP contribution in [0.25, 0.3) is 0 Å². The van der Waals surface area contributed by atoms with Gasteiger partial charge in [0.15, 0.2) is 0 Å². The van der Waals surface area contributed by atoms with Crippen molar-refractivity contribution in [1.29, 1.82) is 0 Å². The summed E-state index contributed by atoms with van der Waals surface area (Å²) < 4.78 is 4.83. The normalized spacial score (nSPS) is 10.1. The van der Waals surface area contributed by atoms with Crippen molar-refractivity contribution in [2.75, 3.05) is 33.4 Å². The van der Waals surface area contributed by atoms with E-state index in [1.165, 1.54) is 18.5 Å². The predicted molar refractivity (Wildman–Crippen MR) is 72.5 cm³/mol. The van der Waals surface area contributed by atoms with Crippen LogP contribution in [0.1, 0.15) is 27.1 Å². The molecule has 0 unspecified atom stereocenters. The molecule has 0 aliphatic heterocycles. The number of nitrogens with one attached hydrogen (secondary N) is 2. The maximum absolute atomic E-state index is 11.8. The average Bonchev–Trinajstić information content (AvgIpc) is 2.47. The predicted octanol–water partition coefficient (Wildman–Crippen LogP) is -0.430. The number of aliphatic hydroxyl groups is 1. The molecule has 0 radical (unpaired) electrons. The van der Waals surface area contributed by atoms with Crippen molar-refractivity contribution in [1.82, 2.24) is 15.6 Å². The number of methoxy groups -OCH3 is 1. The van der Waals surface area contributed by atoms with Gasteiger partial charge in [-0.05, 0) is 12.5 Å². The number of rotatable bonds is 8. The largest absolute Gasteiger partial charge is 0.396 e. The molecular weight excluding hydrogens is 262 g/mol. The molecule has 1 rings (SSSR count). The molecule has 7 nitrogen and oxygen atoms in total. The molecule has 2 amide bonds. The average molecular weight is 281 g/mol. The molecule has 110 valence electrons. The lowest BCUT2D eigenvalue weighted by Gasteiger charge is -2.07. The molecule has 0 aromatic carbocycles. The zero-order chi connectivity index (χ0) is 14.8. The van der Waals surface area contributed by atoms with E-state index in [2.05, 4.69) is 15.6 Å². The van der Waals surface area contributed by atoms with E-state index in [1.807, 2.05) is 0 Å². The second-order valence-electron chi connectivity index (χ2n) is 4.04. The van der Waals surface area contributed by atoms with E-state index in [-0.39, 0.29) is 18.4 Å². The first-order valence-electron chi connectivity index (χ1n) is 6.30. The third-order valence-electron chi connectivity index (χ3n) is 2.47. The molecule has 1 aromatic heterocycles. The SMILES string of the molecule is COCCNC(=O)c1cncc(C(=O)NCCCO)c1. The topological polar surface area (TPSA) is 101 Å². The van der Waals surface area contributed by atoms with Crippen molar-refractivity contribution in [3.63, 3.8) is 0 Å². The van der Waals surface area contributed by atoms with E-state index in [9.17, 15) is 9.59 Å². The molecule has 0 fully saturated rings. The summed E-state index contributed by atoms with van der Waals surface area (Å²) in [6.07, 6.45) is 3.27. The van der Waals surface area contributed by atoms with Crippen LogP contribution in [0.2, 0.25) is 0 Å². The lowest BCUT2D eigenvalue weighted by molar-refractivity contribution is 0.0936. The fraction of sp³-hybridized carbons (Fsp3) is 0.462. The molecule has 0 saturated heterocycles. The Kier molecular flexibility index (Phi) is 7.23. The third-order valence-corrected chi connectivity index (χ3v) is 2.47. The maximum atomic E-state index is 11.8. The molecule has 1 heterocycles. The van der Waals surface area contributed by atoms with Gasteiger partial charge in [-0.2, -0.15) is 0 Å². The van der Waals surface area contributed by atoms with E-state index in [1.54, 1.807) is 7.11 Å². The minimum Gasteiger partial charge on any atom is -0.396 e. The Hall–Kier alpha value is -1.99. The lowest BCUT2D eigenvalue weighted by Crippen LogP contribution is -2.28. The standard InChI is InChI=1S/C13H19N3O4/c1-20-6-4-16-13(19)11-7-10(8-14-9-11)12(18)15-3-2-5-17/h7-9,17H,2-6H2,1H3,(H,15,18)(H,16,19). The maximum Gasteiger partial charge on any atom is 0.252 e. The van der Waals surface area contributed by atoms with Crippen LogP contribution >= 0.6 is 0 Å². The highest BCUT2D eigenvalue weighted by atomic mass is 16.5. The Balaban J connectivity index is 2.60. The van der Waals surface area contributed by atoms with Crippen LogP contribution in [-0.2, 0) is 4.74 Å². The summed E-state index contributed by atoms with van der Waals surface area (Å²) in [4.78, 5) is 27.4. The van der Waals surface area contributed by atoms with Gasteiger partial charge in [0.25, 0.3) is 11.8 Å². The number of nitrogens with zero attached hydrogens (tertiary/aromatic N) is 1. The number of aromatic nitrogens is 1. The molecule has 0 aliphatic rings. The van der Waals surface area contributed by atoms with Crippen molar-refractivity contribution in [2.45, 2.75) is 6.42 Å². The van der Waals surface area contributed by atoms with Gasteiger partial charge in [-0.3, -0.25) is 14.6 Å². The molecule has 3 N–H and O–H groups in total. The Morgan fingerprint density at radius 3 is 2.35 bits per heavy atom. The number of carbonyl (C=O) groups is 2. The van der Waals surface area contributed by atoms with E-state index in [0.29, 0.717) is 37.2 Å². The van der Waals surface area contributed by atoms with Crippen molar-refractivity contribution in [2.24, 2.45) is 0 Å². The molecule has 1 aromatic rings. The molecule has 7 heteroatoms. The first-order valence-corrected chi connectivity index (χ1v) is 6.30. The Morgan fingerprint density at radius 1 is 1.20 bits per heavy atom. The summed E-state index contributed by atoms with van der Waals surface area (Å²) in [6, 6.07) is 1.48. The number of amides is 2.